The molecule has 9 heteroatoms. The van der Waals surface area contributed by atoms with Gasteiger partial charge in [0.25, 0.3) is 5.91 Å². The molecule has 2 amide bonds. The summed E-state index contributed by atoms with van der Waals surface area (Å²) in [5.74, 6) is -2.20. The number of anilines is 1. The van der Waals surface area contributed by atoms with Crippen LogP contribution in [0.15, 0.2) is 30.3 Å². The Morgan fingerprint density at radius 1 is 1.03 bits per heavy atom. The van der Waals surface area contributed by atoms with E-state index in [4.69, 9.17) is 14.2 Å². The third-order valence-corrected chi connectivity index (χ3v) is 6.11. The van der Waals surface area contributed by atoms with Crippen molar-refractivity contribution in [3.63, 3.8) is 0 Å². The Morgan fingerprint density at radius 3 is 2.24 bits per heavy atom. The van der Waals surface area contributed by atoms with E-state index in [-0.39, 0.29) is 24.4 Å². The highest BCUT2D eigenvalue weighted by Crippen LogP contribution is 2.35. The number of carbonyl (C=O) groups is 2. The van der Waals surface area contributed by atoms with Gasteiger partial charge in [-0.3, -0.25) is 9.69 Å². The van der Waals surface area contributed by atoms with E-state index in [0.29, 0.717) is 18.6 Å². The highest BCUT2D eigenvalue weighted by atomic mass is 19.1. The number of nitrogens with zero attached hydrogens (tertiary/aromatic N) is 1. The summed E-state index contributed by atoms with van der Waals surface area (Å²) >= 11 is 0. The summed E-state index contributed by atoms with van der Waals surface area (Å²) in [6, 6.07) is 6.66. The number of amides is 2. The van der Waals surface area contributed by atoms with Crippen LogP contribution in [0.4, 0.5) is 19.3 Å². The molecule has 1 atom stereocenters. The number of halogens is 2. The summed E-state index contributed by atoms with van der Waals surface area (Å²) in [7, 11) is 3.06. The van der Waals surface area contributed by atoms with Crippen molar-refractivity contribution < 1.29 is 32.6 Å². The first-order valence-electron chi connectivity index (χ1n) is 12.2. The van der Waals surface area contributed by atoms with Crippen LogP contribution in [0.5, 0.6) is 0 Å². The summed E-state index contributed by atoms with van der Waals surface area (Å²) in [5, 5.41) is 2.61. The topological polar surface area (TPSA) is 77.1 Å². The van der Waals surface area contributed by atoms with Crippen molar-refractivity contribution in [2.24, 2.45) is 0 Å². The van der Waals surface area contributed by atoms with Gasteiger partial charge in [-0.1, -0.05) is 32.0 Å². The average Bonchev–Trinajstić information content (AvgIpc) is 2.76. The number of rotatable bonds is 7. The maximum atomic E-state index is 15.0. The van der Waals surface area contributed by atoms with Crippen LogP contribution in [0.25, 0.3) is 0 Å². The summed E-state index contributed by atoms with van der Waals surface area (Å²) < 4.78 is 45.9. The highest BCUT2D eigenvalue weighted by Gasteiger charge is 2.38. The summed E-state index contributed by atoms with van der Waals surface area (Å²) in [6.45, 7) is 9.33. The molecular weight excluding hydrogens is 482 g/mol. The van der Waals surface area contributed by atoms with Gasteiger partial charge in [-0.05, 0) is 56.0 Å². The van der Waals surface area contributed by atoms with Crippen molar-refractivity contribution in [3.05, 3.63) is 64.2 Å². The molecule has 1 N–H and O–H groups in total. The second-order valence-corrected chi connectivity index (χ2v) is 10.9. The summed E-state index contributed by atoms with van der Waals surface area (Å²) in [4.78, 5) is 28.0. The van der Waals surface area contributed by atoms with Gasteiger partial charge in [0, 0.05) is 37.4 Å². The van der Waals surface area contributed by atoms with Crippen molar-refractivity contribution in [1.82, 2.24) is 4.90 Å². The fourth-order valence-corrected chi connectivity index (χ4v) is 4.67. The minimum Gasteiger partial charge on any atom is -0.444 e. The van der Waals surface area contributed by atoms with E-state index >= 15 is 8.78 Å². The molecule has 0 aliphatic carbocycles. The molecule has 0 bridgehead atoms. The van der Waals surface area contributed by atoms with Crippen molar-refractivity contribution in [2.45, 2.75) is 64.7 Å². The maximum Gasteiger partial charge on any atom is 0.411 e. The molecule has 2 aromatic rings. The smallest absolute Gasteiger partial charge is 0.411 e. The van der Waals surface area contributed by atoms with Crippen LogP contribution in [0.3, 0.4) is 0 Å². The van der Waals surface area contributed by atoms with E-state index in [1.165, 1.54) is 12.0 Å². The van der Waals surface area contributed by atoms with Crippen LogP contribution >= 0.6 is 0 Å². The minimum absolute atomic E-state index is 0.0516. The second-order valence-electron chi connectivity index (χ2n) is 10.9. The molecule has 0 unspecified atom stereocenters. The SMILES string of the molecule is COCc1ccc2c(c1)CCN(C(=O)OC(C)(C)C)[C@@H]2C(=O)Nc1cc(F)c(C(C)(C)COC)c(F)c1. The zero-order valence-corrected chi connectivity index (χ0v) is 22.5. The van der Waals surface area contributed by atoms with Gasteiger partial charge in [-0.15, -0.1) is 0 Å². The first-order valence-corrected chi connectivity index (χ1v) is 12.2. The standard InChI is InChI=1S/C28H36F2N2O5/c1-27(2,3)37-26(34)32-11-10-18-12-17(15-35-6)8-9-20(18)24(32)25(33)31-19-13-21(29)23(22(30)14-19)28(4,5)16-36-7/h8-9,12-14,24H,10-11,15-16H2,1-7H3,(H,31,33)/t24-/m0/s1. The molecule has 1 aliphatic heterocycles. The number of fused-ring (bicyclic) bond motifs is 1. The van der Waals surface area contributed by atoms with Gasteiger partial charge in [0.15, 0.2) is 0 Å². The largest absolute Gasteiger partial charge is 0.444 e. The van der Waals surface area contributed by atoms with Crippen LogP contribution in [0.2, 0.25) is 0 Å². The first kappa shape index (κ1) is 28.5. The van der Waals surface area contributed by atoms with Crippen molar-refractivity contribution >= 4 is 17.7 Å². The number of benzene rings is 2. The first-order chi connectivity index (χ1) is 17.3. The van der Waals surface area contributed by atoms with E-state index in [1.807, 2.05) is 12.1 Å². The van der Waals surface area contributed by atoms with Crippen LogP contribution in [0.1, 0.15) is 62.9 Å². The Morgan fingerprint density at radius 2 is 1.68 bits per heavy atom. The minimum atomic E-state index is -1.05. The Hall–Kier alpha value is -3.04. The van der Waals surface area contributed by atoms with Crippen LogP contribution in [-0.4, -0.2) is 49.9 Å². The zero-order valence-electron chi connectivity index (χ0n) is 22.5. The van der Waals surface area contributed by atoms with Gasteiger partial charge in [-0.25, -0.2) is 13.6 Å². The van der Waals surface area contributed by atoms with E-state index in [9.17, 15) is 9.59 Å². The van der Waals surface area contributed by atoms with Gasteiger partial charge in [0.1, 0.15) is 23.3 Å². The van der Waals surface area contributed by atoms with Gasteiger partial charge in [0.05, 0.1) is 13.2 Å². The Balaban J connectivity index is 1.97. The molecule has 0 radical (unpaired) electrons. The number of hydrogen-bond acceptors (Lipinski definition) is 5. The van der Waals surface area contributed by atoms with Gasteiger partial charge in [-0.2, -0.15) is 0 Å². The van der Waals surface area contributed by atoms with Crippen LogP contribution < -0.4 is 5.32 Å². The van der Waals surface area contributed by atoms with Crippen LogP contribution in [0, 0.1) is 11.6 Å². The lowest BCUT2D eigenvalue weighted by atomic mass is 9.84. The Kier molecular flexibility index (Phi) is 8.59. The van der Waals surface area contributed by atoms with Crippen molar-refractivity contribution in [2.75, 3.05) is 32.7 Å². The fourth-order valence-electron chi connectivity index (χ4n) is 4.67. The molecule has 0 fully saturated rings. The predicted molar refractivity (Wildman–Crippen MR) is 136 cm³/mol. The third-order valence-electron chi connectivity index (χ3n) is 6.11. The lowest BCUT2D eigenvalue weighted by Crippen LogP contribution is -2.47. The highest BCUT2D eigenvalue weighted by molar-refractivity contribution is 5.98. The molecule has 0 spiro atoms. The molecule has 3 rings (SSSR count). The van der Waals surface area contributed by atoms with E-state index in [2.05, 4.69) is 5.32 Å². The lowest BCUT2D eigenvalue weighted by Gasteiger charge is -2.37. The monoisotopic (exact) mass is 518 g/mol. The lowest BCUT2D eigenvalue weighted by molar-refractivity contribution is -0.121. The molecule has 1 heterocycles. The molecule has 0 saturated carbocycles. The van der Waals surface area contributed by atoms with Gasteiger partial charge >= 0.3 is 6.09 Å². The van der Waals surface area contributed by atoms with Crippen molar-refractivity contribution in [1.29, 1.82) is 0 Å². The maximum absolute atomic E-state index is 15.0. The Bertz CT molecular complexity index is 1140. The average molecular weight is 519 g/mol. The number of carbonyl (C=O) groups excluding carboxylic acids is 2. The normalized spacial score (nSPS) is 15.8. The molecule has 37 heavy (non-hydrogen) atoms. The van der Waals surface area contributed by atoms with Gasteiger partial charge in [0.2, 0.25) is 0 Å². The number of hydrogen-bond donors (Lipinski definition) is 1. The zero-order chi connectivity index (χ0) is 27.5. The molecule has 2 aromatic carbocycles. The van der Waals surface area contributed by atoms with E-state index in [0.717, 1.165) is 23.3 Å². The second kappa shape index (κ2) is 11.1. The third kappa shape index (κ3) is 6.64. The van der Waals surface area contributed by atoms with Crippen LogP contribution in [-0.2, 0) is 37.4 Å². The molecule has 7 nitrogen and oxygen atoms in total. The predicted octanol–water partition coefficient (Wildman–Crippen LogP) is 5.51. The molecule has 202 valence electrons. The number of ether oxygens (including phenoxy) is 3. The molecular formula is C28H36F2N2O5. The van der Waals surface area contributed by atoms with Crippen molar-refractivity contribution in [3.8, 4) is 0 Å². The van der Waals surface area contributed by atoms with Gasteiger partial charge < -0.3 is 19.5 Å². The summed E-state index contributed by atoms with van der Waals surface area (Å²) in [5.41, 5.74) is 0.584. The molecule has 0 saturated heterocycles. The summed E-state index contributed by atoms with van der Waals surface area (Å²) in [6.07, 6.45) is -0.129. The quantitative estimate of drug-likeness (QED) is 0.523. The fraction of sp³-hybridized carbons (Fsp3) is 0.500. The number of methoxy groups -OCH3 is 2. The van der Waals surface area contributed by atoms with E-state index in [1.54, 1.807) is 47.8 Å². The molecule has 0 aromatic heterocycles. The molecule has 1 aliphatic rings. The number of nitrogens with one attached hydrogen (secondary N) is 1. The Labute approximate surface area is 217 Å². The van der Waals surface area contributed by atoms with E-state index < -0.39 is 40.7 Å².